The molecular weight excluding hydrogens is 228 g/mol. The summed E-state index contributed by atoms with van der Waals surface area (Å²) in [4.78, 5) is 22.6. The van der Waals surface area contributed by atoms with Crippen molar-refractivity contribution in [3.63, 3.8) is 0 Å². The Labute approximate surface area is 97.8 Å². The molecule has 0 spiro atoms. The third-order valence-electron chi connectivity index (χ3n) is 2.45. The molecule has 1 rings (SSSR count). The number of aryl methyl sites for hydroxylation is 1. The zero-order valence-electron chi connectivity index (χ0n) is 9.80. The van der Waals surface area contributed by atoms with Crippen LogP contribution in [0.4, 0.5) is 8.78 Å². The number of carbonyl (C=O) groups excluding carboxylic acids is 2. The van der Waals surface area contributed by atoms with Crippen molar-refractivity contribution in [1.29, 1.82) is 0 Å². The number of carbonyl (C=O) groups is 2. The molecule has 17 heavy (non-hydrogen) atoms. The quantitative estimate of drug-likeness (QED) is 0.879. The van der Waals surface area contributed by atoms with Crippen molar-refractivity contribution < 1.29 is 18.4 Å². The number of hydrogen-bond acceptors (Lipinski definition) is 2. The molecule has 0 heterocycles. The number of halogens is 2. The second-order valence-electron chi connectivity index (χ2n) is 3.89. The van der Waals surface area contributed by atoms with Gasteiger partial charge < -0.3 is 5.32 Å². The number of amides is 1. The molecule has 0 aliphatic carbocycles. The Morgan fingerprint density at radius 2 is 1.82 bits per heavy atom. The molecule has 1 atom stereocenters. The van der Waals surface area contributed by atoms with Crippen LogP contribution in [0.2, 0.25) is 0 Å². The summed E-state index contributed by atoms with van der Waals surface area (Å²) in [5.74, 6) is -2.62. The van der Waals surface area contributed by atoms with E-state index in [1.807, 2.05) is 0 Å². The van der Waals surface area contributed by atoms with E-state index in [4.69, 9.17) is 0 Å². The van der Waals surface area contributed by atoms with E-state index in [0.29, 0.717) is 6.07 Å². The molecule has 0 aliphatic heterocycles. The van der Waals surface area contributed by atoms with Crippen LogP contribution in [0.3, 0.4) is 0 Å². The predicted molar refractivity (Wildman–Crippen MR) is 58.7 cm³/mol. The van der Waals surface area contributed by atoms with Crippen molar-refractivity contribution in [2.45, 2.75) is 26.8 Å². The Kier molecular flexibility index (Phi) is 3.93. The van der Waals surface area contributed by atoms with Crippen LogP contribution < -0.4 is 5.32 Å². The lowest BCUT2D eigenvalue weighted by atomic mass is 10.1. The topological polar surface area (TPSA) is 46.2 Å². The highest BCUT2D eigenvalue weighted by molar-refractivity contribution is 5.97. The molecule has 0 aromatic heterocycles. The van der Waals surface area contributed by atoms with Gasteiger partial charge in [-0.1, -0.05) is 0 Å². The minimum absolute atomic E-state index is 0.173. The van der Waals surface area contributed by atoms with Crippen LogP contribution in [0.25, 0.3) is 0 Å². The van der Waals surface area contributed by atoms with Crippen LogP contribution in [0.5, 0.6) is 0 Å². The van der Waals surface area contributed by atoms with E-state index < -0.39 is 23.6 Å². The highest BCUT2D eigenvalue weighted by Gasteiger charge is 2.17. The summed E-state index contributed by atoms with van der Waals surface area (Å²) in [6.07, 6.45) is 0. The molecule has 1 aromatic rings. The third-order valence-corrected chi connectivity index (χ3v) is 2.45. The summed E-state index contributed by atoms with van der Waals surface area (Å²) >= 11 is 0. The largest absolute Gasteiger partial charge is 0.342 e. The summed E-state index contributed by atoms with van der Waals surface area (Å²) in [6, 6.07) is 1.07. The van der Waals surface area contributed by atoms with E-state index in [1.165, 1.54) is 20.8 Å². The van der Waals surface area contributed by atoms with E-state index >= 15 is 0 Å². The van der Waals surface area contributed by atoms with Gasteiger partial charge in [-0.2, -0.15) is 0 Å². The Morgan fingerprint density at radius 1 is 1.24 bits per heavy atom. The average molecular weight is 241 g/mol. The standard InChI is InChI=1S/C12H13F2NO2/c1-6-4-9(11(14)5-10(6)13)12(17)15-7(2)8(3)16/h4-5,7H,1-3H3,(H,15,17). The zero-order valence-corrected chi connectivity index (χ0v) is 9.80. The first-order valence-corrected chi connectivity index (χ1v) is 5.10. The van der Waals surface area contributed by atoms with Crippen LogP contribution in [-0.2, 0) is 4.79 Å². The molecule has 92 valence electrons. The Balaban J connectivity index is 2.97. The normalized spacial score (nSPS) is 12.1. The Morgan fingerprint density at radius 3 is 2.35 bits per heavy atom. The summed E-state index contributed by atoms with van der Waals surface area (Å²) in [5.41, 5.74) is -0.0935. The van der Waals surface area contributed by atoms with Crippen LogP contribution in [0.1, 0.15) is 29.8 Å². The average Bonchev–Trinajstić information content (AvgIpc) is 2.22. The van der Waals surface area contributed by atoms with Gasteiger partial charge in [0.05, 0.1) is 11.6 Å². The van der Waals surface area contributed by atoms with E-state index in [2.05, 4.69) is 5.32 Å². The Hall–Kier alpha value is -1.78. The zero-order chi connectivity index (χ0) is 13.2. The van der Waals surface area contributed by atoms with Crippen molar-refractivity contribution >= 4 is 11.7 Å². The second-order valence-corrected chi connectivity index (χ2v) is 3.89. The van der Waals surface area contributed by atoms with Crippen molar-refractivity contribution in [3.8, 4) is 0 Å². The van der Waals surface area contributed by atoms with Gasteiger partial charge in [-0.05, 0) is 32.4 Å². The number of hydrogen-bond donors (Lipinski definition) is 1. The number of benzene rings is 1. The lowest BCUT2D eigenvalue weighted by Crippen LogP contribution is -2.37. The fourth-order valence-corrected chi connectivity index (χ4v) is 1.21. The maximum Gasteiger partial charge on any atom is 0.254 e. The molecule has 1 aromatic carbocycles. The van der Waals surface area contributed by atoms with Crippen LogP contribution >= 0.6 is 0 Å². The van der Waals surface area contributed by atoms with Gasteiger partial charge in [0, 0.05) is 6.07 Å². The summed E-state index contributed by atoms with van der Waals surface area (Å²) in [5, 5.41) is 2.33. The van der Waals surface area contributed by atoms with Gasteiger partial charge in [0.25, 0.3) is 5.91 Å². The third kappa shape index (κ3) is 3.09. The van der Waals surface area contributed by atoms with Gasteiger partial charge in [-0.25, -0.2) is 8.78 Å². The van der Waals surface area contributed by atoms with E-state index in [9.17, 15) is 18.4 Å². The molecule has 0 fully saturated rings. The van der Waals surface area contributed by atoms with Gasteiger partial charge >= 0.3 is 0 Å². The highest BCUT2D eigenvalue weighted by atomic mass is 19.1. The smallest absolute Gasteiger partial charge is 0.254 e. The van der Waals surface area contributed by atoms with Crippen LogP contribution in [0.15, 0.2) is 12.1 Å². The van der Waals surface area contributed by atoms with Crippen LogP contribution in [0, 0.1) is 18.6 Å². The first-order valence-electron chi connectivity index (χ1n) is 5.10. The van der Waals surface area contributed by atoms with Gasteiger partial charge in [-0.15, -0.1) is 0 Å². The van der Waals surface area contributed by atoms with Gasteiger partial charge in [0.1, 0.15) is 11.6 Å². The lowest BCUT2D eigenvalue weighted by molar-refractivity contribution is -0.118. The van der Waals surface area contributed by atoms with Crippen molar-refractivity contribution in [2.75, 3.05) is 0 Å². The second kappa shape index (κ2) is 5.03. The molecule has 0 saturated carbocycles. The molecule has 0 saturated heterocycles. The first kappa shape index (κ1) is 13.3. The molecule has 5 heteroatoms. The number of ketones is 1. The minimum Gasteiger partial charge on any atom is -0.342 e. The molecular formula is C12H13F2NO2. The van der Waals surface area contributed by atoms with Crippen molar-refractivity contribution in [2.24, 2.45) is 0 Å². The molecule has 1 N–H and O–H groups in total. The predicted octanol–water partition coefficient (Wildman–Crippen LogP) is 1.98. The summed E-state index contributed by atoms with van der Waals surface area (Å²) in [6.45, 7) is 4.24. The fraction of sp³-hybridized carbons (Fsp3) is 0.333. The molecule has 0 bridgehead atoms. The molecule has 1 unspecified atom stereocenters. The summed E-state index contributed by atoms with van der Waals surface area (Å²) in [7, 11) is 0. The maximum absolute atomic E-state index is 13.3. The van der Waals surface area contributed by atoms with Gasteiger partial charge in [0.15, 0.2) is 5.78 Å². The van der Waals surface area contributed by atoms with E-state index in [-0.39, 0.29) is 16.9 Å². The highest BCUT2D eigenvalue weighted by Crippen LogP contribution is 2.14. The van der Waals surface area contributed by atoms with E-state index in [1.54, 1.807) is 0 Å². The lowest BCUT2D eigenvalue weighted by Gasteiger charge is -2.11. The number of rotatable bonds is 3. The van der Waals surface area contributed by atoms with Crippen molar-refractivity contribution in [3.05, 3.63) is 34.9 Å². The monoisotopic (exact) mass is 241 g/mol. The molecule has 1 amide bonds. The molecule has 3 nitrogen and oxygen atoms in total. The van der Waals surface area contributed by atoms with E-state index in [0.717, 1.165) is 6.07 Å². The van der Waals surface area contributed by atoms with Crippen LogP contribution in [-0.4, -0.2) is 17.7 Å². The van der Waals surface area contributed by atoms with Crippen molar-refractivity contribution in [1.82, 2.24) is 5.32 Å². The number of nitrogens with one attached hydrogen (secondary N) is 1. The molecule has 0 radical (unpaired) electrons. The fourth-order valence-electron chi connectivity index (χ4n) is 1.21. The molecule has 0 aliphatic rings. The van der Waals surface area contributed by atoms with Gasteiger partial charge in [0.2, 0.25) is 0 Å². The summed E-state index contributed by atoms with van der Waals surface area (Å²) < 4.78 is 26.3. The maximum atomic E-state index is 13.3. The minimum atomic E-state index is -0.943. The van der Waals surface area contributed by atoms with Gasteiger partial charge in [-0.3, -0.25) is 9.59 Å². The first-order chi connectivity index (χ1) is 7.82. The number of Topliss-reactive ketones (excluding diaryl/α,β-unsaturated/α-hetero) is 1. The Bertz CT molecular complexity index is 472. The SMILES string of the molecule is CC(=O)C(C)NC(=O)c1cc(C)c(F)cc1F.